The van der Waals surface area contributed by atoms with Gasteiger partial charge in [0, 0.05) is 12.1 Å². The molecule has 1 aromatic carbocycles. The van der Waals surface area contributed by atoms with Crippen molar-refractivity contribution in [1.29, 1.82) is 5.41 Å². The fourth-order valence-corrected chi connectivity index (χ4v) is 2.63. The normalized spacial score (nSPS) is 14.7. The third-order valence-electron chi connectivity index (χ3n) is 3.64. The van der Waals surface area contributed by atoms with Crippen molar-refractivity contribution in [2.75, 3.05) is 0 Å². The van der Waals surface area contributed by atoms with Gasteiger partial charge in [0.25, 0.3) is 0 Å². The monoisotopic (exact) mass is 395 g/mol. The van der Waals surface area contributed by atoms with Crippen molar-refractivity contribution in [3.8, 4) is 0 Å². The van der Waals surface area contributed by atoms with Crippen molar-refractivity contribution in [2.45, 2.75) is 25.7 Å². The van der Waals surface area contributed by atoms with Crippen LogP contribution in [0.15, 0.2) is 32.3 Å². The molecule has 1 aliphatic carbocycles. The number of hydrogen-bond donors (Lipinski definition) is 3. The van der Waals surface area contributed by atoms with Gasteiger partial charge in [-0.3, -0.25) is 10.7 Å². The molecule has 0 saturated heterocycles. The number of hydroxylamine groups is 1. The molecule has 0 aliphatic heterocycles. The van der Waals surface area contributed by atoms with Crippen LogP contribution in [0.1, 0.15) is 30.7 Å². The van der Waals surface area contributed by atoms with Gasteiger partial charge in [0.05, 0.1) is 10.2 Å². The maximum atomic E-state index is 13.3. The van der Waals surface area contributed by atoms with E-state index in [0.29, 0.717) is 23.0 Å². The number of benzene rings is 1. The van der Waals surface area contributed by atoms with Crippen LogP contribution in [0.2, 0.25) is 0 Å². The molecule has 1 heterocycles. The van der Waals surface area contributed by atoms with Gasteiger partial charge < -0.3 is 5.41 Å². The molecule has 0 amide bonds. The Hall–Kier alpha value is -2.13. The van der Waals surface area contributed by atoms with Crippen LogP contribution < -0.4 is 5.48 Å². The van der Waals surface area contributed by atoms with E-state index in [4.69, 9.17) is 10.0 Å². The van der Waals surface area contributed by atoms with Crippen LogP contribution in [-0.4, -0.2) is 27.1 Å². The number of halogens is 2. The van der Waals surface area contributed by atoms with E-state index < -0.39 is 5.82 Å². The minimum atomic E-state index is -0.412. The highest BCUT2D eigenvalue weighted by Gasteiger charge is 2.24. The lowest BCUT2D eigenvalue weighted by Crippen LogP contribution is -2.22. The summed E-state index contributed by atoms with van der Waals surface area (Å²) in [5.41, 5.74) is 3.54. The topological polar surface area (TPSA) is 107 Å². The Morgan fingerprint density at radius 1 is 1.46 bits per heavy atom. The SMILES string of the molecule is N=C(Cc1nonc1C(=Nc1ccc(F)c(Br)c1)NO)CC1CC1. The van der Waals surface area contributed by atoms with Gasteiger partial charge >= 0.3 is 0 Å². The first-order valence-corrected chi connectivity index (χ1v) is 8.18. The Labute approximate surface area is 145 Å². The number of nitrogens with zero attached hydrogens (tertiary/aromatic N) is 3. The van der Waals surface area contributed by atoms with E-state index in [2.05, 4.69) is 31.2 Å². The van der Waals surface area contributed by atoms with Gasteiger partial charge in [0.2, 0.25) is 0 Å². The molecule has 0 radical (unpaired) electrons. The van der Waals surface area contributed by atoms with Gasteiger partial charge in [-0.2, -0.15) is 0 Å². The van der Waals surface area contributed by atoms with Gasteiger partial charge in [0.1, 0.15) is 11.5 Å². The Kier molecular flexibility index (Phi) is 5.00. The maximum absolute atomic E-state index is 13.3. The lowest BCUT2D eigenvalue weighted by atomic mass is 10.1. The van der Waals surface area contributed by atoms with E-state index in [0.717, 1.165) is 19.3 Å². The van der Waals surface area contributed by atoms with Crippen LogP contribution in [0, 0.1) is 17.1 Å². The van der Waals surface area contributed by atoms with Crippen LogP contribution in [0.4, 0.5) is 10.1 Å². The highest BCUT2D eigenvalue weighted by atomic mass is 79.9. The van der Waals surface area contributed by atoms with E-state index >= 15 is 0 Å². The van der Waals surface area contributed by atoms with E-state index in [1.165, 1.54) is 18.2 Å². The number of nitrogens with one attached hydrogen (secondary N) is 2. The minimum Gasteiger partial charge on any atom is -0.309 e. The number of aliphatic imine (C=N–C) groups is 1. The van der Waals surface area contributed by atoms with Gasteiger partial charge in [0.15, 0.2) is 11.5 Å². The molecular weight excluding hydrogens is 381 g/mol. The zero-order valence-corrected chi connectivity index (χ0v) is 14.2. The lowest BCUT2D eigenvalue weighted by Gasteiger charge is -2.04. The average Bonchev–Trinajstić information content (AvgIpc) is 3.25. The van der Waals surface area contributed by atoms with Crippen molar-refractivity contribution in [1.82, 2.24) is 15.8 Å². The number of aromatic nitrogens is 2. The summed E-state index contributed by atoms with van der Waals surface area (Å²) in [5, 5.41) is 24.9. The molecule has 24 heavy (non-hydrogen) atoms. The summed E-state index contributed by atoms with van der Waals surface area (Å²) in [4.78, 5) is 4.19. The molecule has 0 unspecified atom stereocenters. The maximum Gasteiger partial charge on any atom is 0.182 e. The van der Waals surface area contributed by atoms with Crippen molar-refractivity contribution < 1.29 is 14.2 Å². The standard InChI is InChI=1S/C15H15BrFN5O2/c16-11-7-10(3-4-12(11)17)19-15(20-23)14-13(21-24-22-14)6-9(18)5-8-1-2-8/h3-4,7-8,18,23H,1-2,5-6H2,(H,19,20). The first kappa shape index (κ1) is 16.7. The summed E-state index contributed by atoms with van der Waals surface area (Å²) in [6.07, 6.45) is 3.34. The molecule has 7 nitrogen and oxygen atoms in total. The van der Waals surface area contributed by atoms with E-state index in [-0.39, 0.29) is 22.4 Å². The van der Waals surface area contributed by atoms with Crippen LogP contribution in [-0.2, 0) is 6.42 Å². The highest BCUT2D eigenvalue weighted by Crippen LogP contribution is 2.33. The van der Waals surface area contributed by atoms with Crippen LogP contribution in [0.5, 0.6) is 0 Å². The molecule has 0 atom stereocenters. The fourth-order valence-electron chi connectivity index (χ4n) is 2.26. The van der Waals surface area contributed by atoms with Gasteiger partial charge in [-0.1, -0.05) is 5.16 Å². The largest absolute Gasteiger partial charge is 0.309 e. The summed E-state index contributed by atoms with van der Waals surface area (Å²) < 4.78 is 18.3. The molecule has 3 rings (SSSR count). The second kappa shape index (κ2) is 7.18. The molecule has 1 saturated carbocycles. The minimum absolute atomic E-state index is 0.0176. The smallest absolute Gasteiger partial charge is 0.182 e. The lowest BCUT2D eigenvalue weighted by molar-refractivity contribution is 0.234. The molecule has 0 spiro atoms. The van der Waals surface area contributed by atoms with Crippen molar-refractivity contribution in [2.24, 2.45) is 10.9 Å². The first-order valence-electron chi connectivity index (χ1n) is 7.38. The Morgan fingerprint density at radius 2 is 2.25 bits per heavy atom. The van der Waals surface area contributed by atoms with Gasteiger partial charge in [-0.15, -0.1) is 0 Å². The van der Waals surface area contributed by atoms with Crippen LogP contribution >= 0.6 is 15.9 Å². The molecule has 1 fully saturated rings. The molecule has 3 N–H and O–H groups in total. The number of rotatable bonds is 6. The molecule has 1 aliphatic rings. The molecular formula is C15H15BrFN5O2. The van der Waals surface area contributed by atoms with Crippen LogP contribution in [0.3, 0.4) is 0 Å². The Balaban J connectivity index is 1.82. The molecule has 9 heteroatoms. The number of hydrogen-bond acceptors (Lipinski definition) is 6. The molecule has 2 aromatic rings. The summed E-state index contributed by atoms with van der Waals surface area (Å²) in [6, 6.07) is 4.18. The summed E-state index contributed by atoms with van der Waals surface area (Å²) in [7, 11) is 0. The van der Waals surface area contributed by atoms with Gasteiger partial charge in [-0.25, -0.2) is 14.0 Å². The van der Waals surface area contributed by atoms with E-state index in [1.54, 1.807) is 0 Å². The third kappa shape index (κ3) is 4.04. The second-order valence-electron chi connectivity index (χ2n) is 5.66. The predicted octanol–water partition coefficient (Wildman–Crippen LogP) is 3.39. The van der Waals surface area contributed by atoms with E-state index in [1.807, 2.05) is 5.48 Å². The third-order valence-corrected chi connectivity index (χ3v) is 4.25. The quantitative estimate of drug-likeness (QED) is 0.394. The summed E-state index contributed by atoms with van der Waals surface area (Å²) >= 11 is 3.08. The number of amidine groups is 1. The van der Waals surface area contributed by atoms with Crippen LogP contribution in [0.25, 0.3) is 0 Å². The zero-order chi connectivity index (χ0) is 17.1. The Bertz CT molecular complexity index is 788. The van der Waals surface area contributed by atoms with Crippen molar-refractivity contribution in [3.63, 3.8) is 0 Å². The Morgan fingerprint density at radius 3 is 2.92 bits per heavy atom. The molecule has 126 valence electrons. The second-order valence-corrected chi connectivity index (χ2v) is 6.51. The average molecular weight is 396 g/mol. The molecule has 0 bridgehead atoms. The zero-order valence-electron chi connectivity index (χ0n) is 12.6. The van der Waals surface area contributed by atoms with Crippen molar-refractivity contribution in [3.05, 3.63) is 39.9 Å². The summed E-state index contributed by atoms with van der Waals surface area (Å²) in [6.45, 7) is 0. The first-order chi connectivity index (χ1) is 11.6. The fraction of sp³-hybridized carbons (Fsp3) is 0.333. The van der Waals surface area contributed by atoms with Gasteiger partial charge in [-0.05, 0) is 64.5 Å². The van der Waals surface area contributed by atoms with Crippen molar-refractivity contribution >= 4 is 33.2 Å². The van der Waals surface area contributed by atoms with E-state index in [9.17, 15) is 9.60 Å². The molecule has 1 aromatic heterocycles. The summed E-state index contributed by atoms with van der Waals surface area (Å²) in [5.74, 6) is 0.204. The highest BCUT2D eigenvalue weighted by molar-refractivity contribution is 9.10. The predicted molar refractivity (Wildman–Crippen MR) is 88.3 cm³/mol.